The van der Waals surface area contributed by atoms with E-state index < -0.39 is 27.7 Å². The van der Waals surface area contributed by atoms with Crippen LogP contribution in [0.2, 0.25) is 0 Å². The number of nitriles is 1. The summed E-state index contributed by atoms with van der Waals surface area (Å²) in [5, 5.41) is 8.89. The molecular formula is C12H12F2N2O2S. The predicted molar refractivity (Wildman–Crippen MR) is 63.4 cm³/mol. The van der Waals surface area contributed by atoms with Crippen molar-refractivity contribution in [2.75, 3.05) is 0 Å². The second-order valence-corrected chi connectivity index (χ2v) is 6.18. The zero-order valence-electron chi connectivity index (χ0n) is 9.94. The highest BCUT2D eigenvalue weighted by atomic mass is 32.2. The van der Waals surface area contributed by atoms with Gasteiger partial charge in [0.15, 0.2) is 11.6 Å². The molecule has 0 aromatic heterocycles. The van der Waals surface area contributed by atoms with Crippen molar-refractivity contribution in [1.82, 2.24) is 4.72 Å². The Labute approximate surface area is 110 Å². The second-order valence-electron chi connectivity index (χ2n) is 4.47. The predicted octanol–water partition coefficient (Wildman–Crippen LogP) is 1.94. The average molecular weight is 286 g/mol. The van der Waals surface area contributed by atoms with Crippen LogP contribution >= 0.6 is 0 Å². The van der Waals surface area contributed by atoms with Gasteiger partial charge in [-0.15, -0.1) is 0 Å². The Morgan fingerprint density at radius 3 is 2.63 bits per heavy atom. The summed E-state index contributed by atoms with van der Waals surface area (Å²) in [5.74, 6) is -2.69. The number of sulfonamides is 1. The summed E-state index contributed by atoms with van der Waals surface area (Å²) in [6, 6.07) is 3.97. The first-order chi connectivity index (χ1) is 8.94. The Morgan fingerprint density at radius 2 is 2.00 bits per heavy atom. The van der Waals surface area contributed by atoms with Gasteiger partial charge in [0.1, 0.15) is 0 Å². The molecule has 1 aromatic rings. The fourth-order valence-electron chi connectivity index (χ4n) is 2.17. The molecule has 2 atom stereocenters. The molecule has 0 amide bonds. The highest BCUT2D eigenvalue weighted by Crippen LogP contribution is 2.26. The average Bonchev–Trinajstić information content (AvgIpc) is 2.79. The van der Waals surface area contributed by atoms with Crippen molar-refractivity contribution >= 4 is 10.0 Å². The monoisotopic (exact) mass is 286 g/mol. The van der Waals surface area contributed by atoms with E-state index in [9.17, 15) is 17.2 Å². The number of rotatable bonds is 3. The van der Waals surface area contributed by atoms with Crippen LogP contribution in [0.5, 0.6) is 0 Å². The minimum absolute atomic E-state index is 0.338. The maximum Gasteiger partial charge on any atom is 0.240 e. The molecule has 2 rings (SSSR count). The number of nitrogens with zero attached hydrogens (tertiary/aromatic N) is 1. The van der Waals surface area contributed by atoms with Crippen molar-refractivity contribution in [3.63, 3.8) is 0 Å². The van der Waals surface area contributed by atoms with Crippen LogP contribution in [0.25, 0.3) is 0 Å². The zero-order valence-corrected chi connectivity index (χ0v) is 10.8. The van der Waals surface area contributed by atoms with Crippen LogP contribution in [0.1, 0.15) is 19.3 Å². The van der Waals surface area contributed by atoms with E-state index in [0.717, 1.165) is 18.6 Å². The molecule has 4 nitrogen and oxygen atoms in total. The van der Waals surface area contributed by atoms with E-state index >= 15 is 0 Å². The van der Waals surface area contributed by atoms with Crippen molar-refractivity contribution < 1.29 is 17.2 Å². The van der Waals surface area contributed by atoms with Crippen molar-refractivity contribution in [2.24, 2.45) is 5.92 Å². The quantitative estimate of drug-likeness (QED) is 0.923. The Morgan fingerprint density at radius 1 is 1.26 bits per heavy atom. The standard InChI is InChI=1S/C12H12F2N2O2S/c13-10-5-4-9(6-11(10)14)19(17,18)16-12-3-1-2-8(12)7-15/h4-6,8,12,16H,1-3H2. The molecule has 102 valence electrons. The van der Waals surface area contributed by atoms with Crippen LogP contribution in [0.4, 0.5) is 8.78 Å². The Balaban J connectivity index is 2.23. The maximum atomic E-state index is 13.0. The van der Waals surface area contributed by atoms with Gasteiger partial charge in [0, 0.05) is 6.04 Å². The van der Waals surface area contributed by atoms with Crippen LogP contribution in [-0.2, 0) is 10.0 Å². The van der Waals surface area contributed by atoms with Gasteiger partial charge >= 0.3 is 0 Å². The first-order valence-electron chi connectivity index (χ1n) is 5.81. The van der Waals surface area contributed by atoms with Crippen molar-refractivity contribution in [3.05, 3.63) is 29.8 Å². The molecule has 1 aliphatic carbocycles. The molecular weight excluding hydrogens is 274 g/mol. The van der Waals surface area contributed by atoms with Crippen LogP contribution in [0.3, 0.4) is 0 Å². The zero-order chi connectivity index (χ0) is 14.0. The Bertz CT molecular complexity index is 625. The third kappa shape index (κ3) is 2.91. The molecule has 0 saturated heterocycles. The molecule has 0 heterocycles. The van der Waals surface area contributed by atoms with E-state index in [0.29, 0.717) is 18.9 Å². The molecule has 0 bridgehead atoms. The van der Waals surface area contributed by atoms with Crippen LogP contribution in [0.15, 0.2) is 23.1 Å². The van der Waals surface area contributed by atoms with Gasteiger partial charge < -0.3 is 0 Å². The van der Waals surface area contributed by atoms with Gasteiger partial charge in [-0.05, 0) is 31.0 Å². The molecule has 1 fully saturated rings. The molecule has 0 radical (unpaired) electrons. The Hall–Kier alpha value is -1.52. The third-order valence-corrected chi connectivity index (χ3v) is 4.68. The minimum atomic E-state index is -3.93. The molecule has 1 aromatic carbocycles. The summed E-state index contributed by atoms with van der Waals surface area (Å²) in [5.41, 5.74) is 0. The summed E-state index contributed by atoms with van der Waals surface area (Å²) < 4.78 is 52.2. The number of nitrogens with one attached hydrogen (secondary N) is 1. The van der Waals surface area contributed by atoms with Crippen molar-refractivity contribution in [3.8, 4) is 6.07 Å². The largest absolute Gasteiger partial charge is 0.240 e. The van der Waals surface area contributed by atoms with E-state index in [1.165, 1.54) is 0 Å². The smallest absolute Gasteiger partial charge is 0.207 e. The third-order valence-electron chi connectivity index (χ3n) is 3.19. The van der Waals surface area contributed by atoms with Crippen molar-refractivity contribution in [1.29, 1.82) is 5.26 Å². The van der Waals surface area contributed by atoms with Gasteiger partial charge in [-0.2, -0.15) is 5.26 Å². The van der Waals surface area contributed by atoms with Gasteiger partial charge in [0.25, 0.3) is 0 Å². The molecule has 7 heteroatoms. The summed E-state index contributed by atoms with van der Waals surface area (Å²) >= 11 is 0. The molecule has 1 N–H and O–H groups in total. The van der Waals surface area contributed by atoms with E-state index in [-0.39, 0.29) is 10.8 Å². The minimum Gasteiger partial charge on any atom is -0.207 e. The summed E-state index contributed by atoms with van der Waals surface area (Å²) in [7, 11) is -3.93. The van der Waals surface area contributed by atoms with E-state index in [1.54, 1.807) is 0 Å². The molecule has 19 heavy (non-hydrogen) atoms. The van der Waals surface area contributed by atoms with Crippen LogP contribution < -0.4 is 4.72 Å². The van der Waals surface area contributed by atoms with Crippen LogP contribution in [0, 0.1) is 28.9 Å². The summed E-state index contributed by atoms with van der Waals surface area (Å²) in [4.78, 5) is -0.338. The van der Waals surface area contributed by atoms with Gasteiger partial charge in [-0.25, -0.2) is 21.9 Å². The SMILES string of the molecule is N#CC1CCCC1NS(=O)(=O)c1ccc(F)c(F)c1. The lowest BCUT2D eigenvalue weighted by Crippen LogP contribution is -2.36. The number of hydrogen-bond donors (Lipinski definition) is 1. The topological polar surface area (TPSA) is 70.0 Å². The number of benzene rings is 1. The lowest BCUT2D eigenvalue weighted by atomic mass is 10.1. The van der Waals surface area contributed by atoms with E-state index in [1.807, 2.05) is 6.07 Å². The fraction of sp³-hybridized carbons (Fsp3) is 0.417. The van der Waals surface area contributed by atoms with Crippen molar-refractivity contribution in [2.45, 2.75) is 30.2 Å². The van der Waals surface area contributed by atoms with E-state index in [4.69, 9.17) is 5.26 Å². The lowest BCUT2D eigenvalue weighted by molar-refractivity contribution is 0.499. The fourth-order valence-corrected chi connectivity index (χ4v) is 3.49. The maximum absolute atomic E-state index is 13.0. The normalized spacial score (nSPS) is 23.2. The lowest BCUT2D eigenvalue weighted by Gasteiger charge is -2.15. The molecule has 1 aliphatic rings. The highest BCUT2D eigenvalue weighted by molar-refractivity contribution is 7.89. The van der Waals surface area contributed by atoms with Gasteiger partial charge in [0.2, 0.25) is 10.0 Å². The summed E-state index contributed by atoms with van der Waals surface area (Å²) in [6.07, 6.45) is 1.98. The number of hydrogen-bond acceptors (Lipinski definition) is 3. The first kappa shape index (κ1) is 13.9. The first-order valence-corrected chi connectivity index (χ1v) is 7.29. The molecule has 0 aliphatic heterocycles. The second kappa shape index (κ2) is 5.23. The van der Waals surface area contributed by atoms with Gasteiger partial charge in [-0.3, -0.25) is 0 Å². The molecule has 0 spiro atoms. The van der Waals surface area contributed by atoms with Crippen LogP contribution in [-0.4, -0.2) is 14.5 Å². The Kier molecular flexibility index (Phi) is 3.83. The molecule has 1 saturated carbocycles. The summed E-state index contributed by atoms with van der Waals surface area (Å²) in [6.45, 7) is 0. The van der Waals surface area contributed by atoms with Gasteiger partial charge in [0.05, 0.1) is 16.9 Å². The highest BCUT2D eigenvalue weighted by Gasteiger charge is 2.31. The van der Waals surface area contributed by atoms with Gasteiger partial charge in [-0.1, -0.05) is 6.42 Å². The molecule has 2 unspecified atom stereocenters. The van der Waals surface area contributed by atoms with E-state index in [2.05, 4.69) is 4.72 Å². The number of halogens is 2.